The number of carbonyl (C=O) groups excluding carboxylic acids is 1. The van der Waals surface area contributed by atoms with Crippen molar-refractivity contribution in [3.05, 3.63) is 29.0 Å². The van der Waals surface area contributed by atoms with Gasteiger partial charge in [0.05, 0.1) is 5.02 Å². The Bertz CT molecular complexity index is 401. The quantitative estimate of drug-likeness (QED) is 0.840. The van der Waals surface area contributed by atoms with Crippen LogP contribution in [0.15, 0.2) is 18.3 Å². The van der Waals surface area contributed by atoms with Gasteiger partial charge in [0.25, 0.3) is 5.91 Å². The summed E-state index contributed by atoms with van der Waals surface area (Å²) in [5.74, 6) is -0.189. The van der Waals surface area contributed by atoms with Crippen LogP contribution in [0.2, 0.25) is 5.02 Å². The predicted octanol–water partition coefficient (Wildman–Crippen LogP) is 1.63. The normalized spacial score (nSPS) is 16.6. The number of hydrogen-bond donors (Lipinski definition) is 2. The zero-order valence-electron chi connectivity index (χ0n) is 9.45. The lowest BCUT2D eigenvalue weighted by molar-refractivity contribution is 0.0936. The van der Waals surface area contributed by atoms with Crippen molar-refractivity contribution in [2.75, 3.05) is 13.2 Å². The van der Waals surface area contributed by atoms with Gasteiger partial charge in [-0.15, -0.1) is 0 Å². The number of aromatic nitrogens is 1. The van der Waals surface area contributed by atoms with Crippen molar-refractivity contribution in [2.24, 2.45) is 5.41 Å². The van der Waals surface area contributed by atoms with Crippen LogP contribution in [0.25, 0.3) is 0 Å². The Labute approximate surface area is 105 Å². The van der Waals surface area contributed by atoms with Crippen LogP contribution in [0.5, 0.6) is 0 Å². The van der Waals surface area contributed by atoms with Gasteiger partial charge in [0.1, 0.15) is 5.69 Å². The van der Waals surface area contributed by atoms with E-state index in [4.69, 9.17) is 16.7 Å². The van der Waals surface area contributed by atoms with Gasteiger partial charge in [0.15, 0.2) is 0 Å². The first-order chi connectivity index (χ1) is 8.15. The van der Waals surface area contributed by atoms with E-state index < -0.39 is 0 Å². The van der Waals surface area contributed by atoms with Crippen LogP contribution in [0.1, 0.15) is 29.8 Å². The molecule has 1 aromatic heterocycles. The Hall–Kier alpha value is -1.13. The van der Waals surface area contributed by atoms with E-state index >= 15 is 0 Å². The molecule has 0 atom stereocenters. The van der Waals surface area contributed by atoms with Crippen LogP contribution in [0.4, 0.5) is 0 Å². The van der Waals surface area contributed by atoms with Gasteiger partial charge in [-0.3, -0.25) is 4.79 Å². The maximum Gasteiger partial charge on any atom is 0.269 e. The molecule has 0 saturated heterocycles. The van der Waals surface area contributed by atoms with Crippen LogP contribution in [-0.4, -0.2) is 29.1 Å². The van der Waals surface area contributed by atoms with Gasteiger partial charge >= 0.3 is 0 Å². The SMILES string of the molecule is O=C(NCC1(CCO)CC1)c1ccc(Cl)cn1. The molecule has 1 aliphatic carbocycles. The van der Waals surface area contributed by atoms with E-state index in [1.807, 2.05) is 0 Å². The highest BCUT2D eigenvalue weighted by atomic mass is 35.5. The lowest BCUT2D eigenvalue weighted by Gasteiger charge is -2.14. The summed E-state index contributed by atoms with van der Waals surface area (Å²) in [6.45, 7) is 0.783. The number of aliphatic hydroxyl groups is 1. The van der Waals surface area contributed by atoms with Crippen molar-refractivity contribution >= 4 is 17.5 Å². The Morgan fingerprint density at radius 3 is 2.82 bits per heavy atom. The second kappa shape index (κ2) is 5.02. The van der Waals surface area contributed by atoms with Crippen molar-refractivity contribution in [3.63, 3.8) is 0 Å². The molecule has 4 nitrogen and oxygen atoms in total. The minimum Gasteiger partial charge on any atom is -0.396 e. The molecule has 0 unspecified atom stereocenters. The number of nitrogens with one attached hydrogen (secondary N) is 1. The molecule has 1 amide bonds. The molecule has 2 N–H and O–H groups in total. The summed E-state index contributed by atoms with van der Waals surface area (Å²) in [5.41, 5.74) is 0.491. The largest absolute Gasteiger partial charge is 0.396 e. The fraction of sp³-hybridized carbons (Fsp3) is 0.500. The average molecular weight is 255 g/mol. The van der Waals surface area contributed by atoms with Gasteiger partial charge in [-0.2, -0.15) is 0 Å². The summed E-state index contributed by atoms with van der Waals surface area (Å²) < 4.78 is 0. The van der Waals surface area contributed by atoms with E-state index in [0.29, 0.717) is 17.3 Å². The number of nitrogens with zero attached hydrogens (tertiary/aromatic N) is 1. The lowest BCUT2D eigenvalue weighted by atomic mass is 10.0. The molecule has 1 fully saturated rings. The minimum atomic E-state index is -0.189. The standard InChI is InChI=1S/C12H15ClN2O2/c13-9-1-2-10(14-7-9)11(17)15-8-12(3-4-12)5-6-16/h1-2,7,16H,3-6,8H2,(H,15,17). The Morgan fingerprint density at radius 2 is 2.29 bits per heavy atom. The van der Waals surface area contributed by atoms with Crippen molar-refractivity contribution < 1.29 is 9.90 Å². The van der Waals surface area contributed by atoms with E-state index in [-0.39, 0.29) is 17.9 Å². The molecule has 0 aliphatic heterocycles. The fourth-order valence-electron chi connectivity index (χ4n) is 1.80. The topological polar surface area (TPSA) is 62.2 Å². The van der Waals surface area contributed by atoms with Gasteiger partial charge in [-0.05, 0) is 36.8 Å². The molecule has 0 aromatic carbocycles. The molecule has 1 aromatic rings. The van der Waals surface area contributed by atoms with Gasteiger partial charge in [0, 0.05) is 19.3 Å². The second-order valence-electron chi connectivity index (χ2n) is 4.52. The minimum absolute atomic E-state index is 0.122. The van der Waals surface area contributed by atoms with Gasteiger partial charge in [0.2, 0.25) is 0 Å². The summed E-state index contributed by atoms with van der Waals surface area (Å²) in [5, 5.41) is 12.3. The molecule has 1 saturated carbocycles. The number of halogens is 1. The number of rotatable bonds is 5. The van der Waals surface area contributed by atoms with Crippen molar-refractivity contribution in [3.8, 4) is 0 Å². The van der Waals surface area contributed by atoms with E-state index in [1.54, 1.807) is 12.1 Å². The predicted molar refractivity (Wildman–Crippen MR) is 65.0 cm³/mol. The molecule has 2 rings (SSSR count). The van der Waals surface area contributed by atoms with Crippen LogP contribution in [0.3, 0.4) is 0 Å². The molecule has 5 heteroatoms. The first-order valence-corrected chi connectivity index (χ1v) is 6.04. The Kier molecular flexibility index (Phi) is 3.64. The molecule has 0 spiro atoms. The smallest absolute Gasteiger partial charge is 0.269 e. The van der Waals surface area contributed by atoms with Crippen LogP contribution in [-0.2, 0) is 0 Å². The zero-order valence-corrected chi connectivity index (χ0v) is 10.2. The van der Waals surface area contributed by atoms with Gasteiger partial charge < -0.3 is 10.4 Å². The monoisotopic (exact) mass is 254 g/mol. The Morgan fingerprint density at radius 1 is 1.53 bits per heavy atom. The van der Waals surface area contributed by atoms with Crippen LogP contribution in [0, 0.1) is 5.41 Å². The molecule has 0 radical (unpaired) electrons. The first-order valence-electron chi connectivity index (χ1n) is 5.66. The summed E-state index contributed by atoms with van der Waals surface area (Å²) in [6.07, 6.45) is 4.35. The third kappa shape index (κ3) is 3.17. The number of amides is 1. The second-order valence-corrected chi connectivity index (χ2v) is 4.95. The maximum absolute atomic E-state index is 11.8. The summed E-state index contributed by atoms with van der Waals surface area (Å²) in [7, 11) is 0. The summed E-state index contributed by atoms with van der Waals surface area (Å²) in [6, 6.07) is 3.24. The third-order valence-corrected chi connectivity index (χ3v) is 3.41. The van der Waals surface area contributed by atoms with Crippen LogP contribution >= 0.6 is 11.6 Å². The van der Waals surface area contributed by atoms with Gasteiger partial charge in [-0.25, -0.2) is 4.98 Å². The lowest BCUT2D eigenvalue weighted by Crippen LogP contribution is -2.31. The average Bonchev–Trinajstić information content (AvgIpc) is 3.08. The Balaban J connectivity index is 1.87. The third-order valence-electron chi connectivity index (χ3n) is 3.18. The number of pyridine rings is 1. The maximum atomic E-state index is 11.8. The van der Waals surface area contributed by atoms with Crippen molar-refractivity contribution in [1.29, 1.82) is 0 Å². The van der Waals surface area contributed by atoms with Gasteiger partial charge in [-0.1, -0.05) is 11.6 Å². The van der Waals surface area contributed by atoms with E-state index in [2.05, 4.69) is 10.3 Å². The number of aliphatic hydroxyl groups excluding tert-OH is 1. The van der Waals surface area contributed by atoms with Crippen LogP contribution < -0.4 is 5.32 Å². The molecular formula is C12H15ClN2O2. The number of carbonyl (C=O) groups is 1. The molecule has 1 heterocycles. The molecule has 17 heavy (non-hydrogen) atoms. The van der Waals surface area contributed by atoms with E-state index in [0.717, 1.165) is 19.3 Å². The molecule has 1 aliphatic rings. The summed E-state index contributed by atoms with van der Waals surface area (Å²) >= 11 is 5.70. The first kappa shape index (κ1) is 12.3. The number of hydrogen-bond acceptors (Lipinski definition) is 3. The zero-order chi connectivity index (χ0) is 12.3. The summed E-state index contributed by atoms with van der Waals surface area (Å²) in [4.78, 5) is 15.7. The van der Waals surface area contributed by atoms with Crippen molar-refractivity contribution in [1.82, 2.24) is 10.3 Å². The fourth-order valence-corrected chi connectivity index (χ4v) is 1.91. The van der Waals surface area contributed by atoms with Crippen molar-refractivity contribution in [2.45, 2.75) is 19.3 Å². The highest BCUT2D eigenvalue weighted by Crippen LogP contribution is 2.47. The molecular weight excluding hydrogens is 240 g/mol. The highest BCUT2D eigenvalue weighted by Gasteiger charge is 2.41. The highest BCUT2D eigenvalue weighted by molar-refractivity contribution is 6.30. The van der Waals surface area contributed by atoms with E-state index in [9.17, 15) is 4.79 Å². The molecule has 0 bridgehead atoms. The van der Waals surface area contributed by atoms with E-state index in [1.165, 1.54) is 6.20 Å². The molecule has 92 valence electrons.